The molecule has 3 heterocycles. The maximum absolute atomic E-state index is 14.1. The van der Waals surface area contributed by atoms with Crippen LogP contribution >= 0.6 is 0 Å². The van der Waals surface area contributed by atoms with E-state index in [2.05, 4.69) is 33.4 Å². The number of ether oxygens (including phenoxy) is 5. The van der Waals surface area contributed by atoms with Gasteiger partial charge >= 0.3 is 11.9 Å². The first-order valence-corrected chi connectivity index (χ1v) is 25.3. The highest BCUT2D eigenvalue weighted by Crippen LogP contribution is 2.72. The molecule has 3 aliphatic heterocycles. The molecular formula is C52H84O9. The van der Waals surface area contributed by atoms with E-state index >= 15 is 0 Å². The number of carbonyl (C=O) groups excluding carboxylic acids is 2. The van der Waals surface area contributed by atoms with Gasteiger partial charge in [0.25, 0.3) is 0 Å². The molecule has 0 radical (unpaired) electrons. The van der Waals surface area contributed by atoms with Crippen molar-refractivity contribution in [2.75, 3.05) is 6.61 Å². The molecule has 3 aliphatic carbocycles. The van der Waals surface area contributed by atoms with Crippen LogP contribution in [0.15, 0.2) is 36.0 Å². The first-order chi connectivity index (χ1) is 29.4. The van der Waals surface area contributed by atoms with Gasteiger partial charge in [-0.15, -0.1) is 0 Å². The number of unbranched alkanes of at least 4 members (excludes halogenated alkanes) is 23. The van der Waals surface area contributed by atoms with Gasteiger partial charge < -0.3 is 33.9 Å². The number of ketones is 1. The largest absolute Gasteiger partial charge is 0.462 e. The standard InChI is InChI=1S/C52H84O9/c1-7-9-11-13-15-17-19-21-23-25-27-29-31-33-42(53)57-37-49-46(58-49)43-45-48(38(3)4)36-40(6)52(43,41-35-39(5)44(54)51(41,56)47(49)55)61-50(59-45,60-48)34-32-30-28-26-24-22-20-18-16-14-12-10-8-2/h32,34-35,40-41,43,45-47,55-56H,3,7-31,33,36-37H2,1-2,4-6H3/b34-32-/t40-,41-,43-,45-,46+,47-,48-,49+,50-,51-,52+/m1/s1. The Kier molecular flexibility index (Phi) is 17.0. The van der Waals surface area contributed by atoms with Crippen molar-refractivity contribution in [1.29, 1.82) is 0 Å². The first-order valence-electron chi connectivity index (χ1n) is 25.3. The summed E-state index contributed by atoms with van der Waals surface area (Å²) in [5.41, 5.74) is -4.75. The summed E-state index contributed by atoms with van der Waals surface area (Å²) in [6, 6.07) is 0. The lowest BCUT2D eigenvalue weighted by atomic mass is 9.54. The molecule has 0 unspecified atom stereocenters. The van der Waals surface area contributed by atoms with Crippen LogP contribution in [0.25, 0.3) is 0 Å². The van der Waals surface area contributed by atoms with Crippen LogP contribution in [0.3, 0.4) is 0 Å². The predicted octanol–water partition coefficient (Wildman–Crippen LogP) is 11.5. The summed E-state index contributed by atoms with van der Waals surface area (Å²) in [5.74, 6) is -4.22. The van der Waals surface area contributed by atoms with E-state index < -0.39 is 64.3 Å². The molecule has 0 amide bonds. The van der Waals surface area contributed by atoms with Gasteiger partial charge in [-0.25, -0.2) is 0 Å². The number of hydrogen-bond acceptors (Lipinski definition) is 9. The van der Waals surface area contributed by atoms with Crippen LogP contribution in [0.5, 0.6) is 0 Å². The number of fused-ring (bicyclic) bond motifs is 3. The third-order valence-electron chi connectivity index (χ3n) is 15.7. The fourth-order valence-electron chi connectivity index (χ4n) is 12.1. The van der Waals surface area contributed by atoms with Gasteiger partial charge in [-0.2, -0.15) is 0 Å². The monoisotopic (exact) mass is 853 g/mol. The number of aliphatic hydroxyl groups excluding tert-OH is 1. The number of aliphatic hydroxyl groups is 2. The second-order valence-electron chi connectivity index (χ2n) is 20.3. The molecule has 6 rings (SSSR count). The van der Waals surface area contributed by atoms with Gasteiger partial charge in [-0.3, -0.25) is 9.59 Å². The minimum atomic E-state index is -2.26. The maximum atomic E-state index is 14.1. The van der Waals surface area contributed by atoms with E-state index in [0.717, 1.165) is 44.1 Å². The Morgan fingerprint density at radius 2 is 1.33 bits per heavy atom. The van der Waals surface area contributed by atoms with E-state index in [0.29, 0.717) is 12.0 Å². The van der Waals surface area contributed by atoms with Crippen molar-refractivity contribution < 1.29 is 43.5 Å². The Labute approximate surface area is 369 Å². The molecular weight excluding hydrogens is 769 g/mol. The Hall–Kier alpha value is -1.88. The fraction of sp³-hybridized carbons (Fsp3) is 0.846. The number of esters is 1. The van der Waals surface area contributed by atoms with Gasteiger partial charge in [-0.1, -0.05) is 181 Å². The van der Waals surface area contributed by atoms with Crippen molar-refractivity contribution in [3.8, 4) is 0 Å². The molecule has 6 aliphatic rings. The van der Waals surface area contributed by atoms with E-state index in [4.69, 9.17) is 23.7 Å². The van der Waals surface area contributed by atoms with Crippen molar-refractivity contribution in [3.63, 3.8) is 0 Å². The number of Topliss-reactive ketones (excluding diaryl/α,β-unsaturated/α-hetero) is 1. The molecule has 2 N–H and O–H groups in total. The van der Waals surface area contributed by atoms with Crippen LogP contribution in [0, 0.1) is 17.8 Å². The lowest BCUT2D eigenvalue weighted by molar-refractivity contribution is -0.406. The normalized spacial score (nSPS) is 36.8. The summed E-state index contributed by atoms with van der Waals surface area (Å²) in [4.78, 5) is 27.3. The molecule has 3 bridgehead atoms. The van der Waals surface area contributed by atoms with E-state index in [1.54, 1.807) is 13.0 Å². The quantitative estimate of drug-likeness (QED) is 0.0314. The average molecular weight is 853 g/mol. The second-order valence-corrected chi connectivity index (χ2v) is 20.3. The van der Waals surface area contributed by atoms with Gasteiger partial charge in [-0.05, 0) is 56.6 Å². The minimum Gasteiger partial charge on any atom is -0.462 e. The Morgan fingerprint density at radius 3 is 1.87 bits per heavy atom. The molecule has 5 fully saturated rings. The van der Waals surface area contributed by atoms with Crippen molar-refractivity contribution in [2.24, 2.45) is 17.8 Å². The third kappa shape index (κ3) is 9.88. The van der Waals surface area contributed by atoms with E-state index in [1.165, 1.54) is 122 Å². The predicted molar refractivity (Wildman–Crippen MR) is 240 cm³/mol. The number of epoxide rings is 1. The summed E-state index contributed by atoms with van der Waals surface area (Å²) in [6.45, 7) is 14.4. The van der Waals surface area contributed by atoms with E-state index in [-0.39, 0.29) is 24.9 Å². The van der Waals surface area contributed by atoms with Gasteiger partial charge in [0.15, 0.2) is 17.0 Å². The van der Waals surface area contributed by atoms with Crippen LogP contribution < -0.4 is 0 Å². The van der Waals surface area contributed by atoms with Crippen molar-refractivity contribution >= 4 is 11.8 Å². The van der Waals surface area contributed by atoms with Gasteiger partial charge in [0.05, 0.1) is 5.60 Å². The smallest absolute Gasteiger partial charge is 0.306 e. The van der Waals surface area contributed by atoms with Crippen LogP contribution in [0.1, 0.15) is 208 Å². The van der Waals surface area contributed by atoms with Gasteiger partial charge in [0, 0.05) is 24.3 Å². The van der Waals surface area contributed by atoms with Crippen LogP contribution in [0.4, 0.5) is 0 Å². The number of allylic oxidation sites excluding steroid dienone is 1. The zero-order chi connectivity index (χ0) is 43.7. The maximum Gasteiger partial charge on any atom is 0.306 e. The van der Waals surface area contributed by atoms with Crippen LogP contribution in [0.2, 0.25) is 0 Å². The molecule has 3 saturated heterocycles. The molecule has 0 aromatic carbocycles. The third-order valence-corrected chi connectivity index (χ3v) is 15.7. The summed E-state index contributed by atoms with van der Waals surface area (Å²) >= 11 is 0. The molecule has 61 heavy (non-hydrogen) atoms. The van der Waals surface area contributed by atoms with E-state index in [9.17, 15) is 19.8 Å². The highest BCUT2D eigenvalue weighted by molar-refractivity contribution is 6.05. The van der Waals surface area contributed by atoms with Gasteiger partial charge in [0.1, 0.15) is 30.5 Å². The molecule has 346 valence electrons. The number of hydrogen-bond donors (Lipinski definition) is 2. The second kappa shape index (κ2) is 21.4. The lowest BCUT2D eigenvalue weighted by Crippen LogP contribution is -2.72. The Bertz CT molecular complexity index is 1540. The Balaban J connectivity index is 1.07. The molecule has 11 atom stereocenters. The SMILES string of the molecule is C=C(C)[C@]12C[C@@H](C)[C@@]34O[C@](/C=C\CCCCCCCCCCCCC)(O[C@@H]1[C@@H]3[C@@H]1O[C@]1(COC(=O)CCCCCCCCCCCCCCC)[C@@H](O)[C@]1(O)C(=O)C(C)=C[C@H]14)O2. The Morgan fingerprint density at radius 1 is 0.803 bits per heavy atom. The summed E-state index contributed by atoms with van der Waals surface area (Å²) in [6.07, 6.45) is 34.2. The van der Waals surface area contributed by atoms with Crippen LogP contribution in [-0.4, -0.2) is 75.3 Å². The molecule has 9 nitrogen and oxygen atoms in total. The van der Waals surface area contributed by atoms with Crippen molar-refractivity contribution in [1.82, 2.24) is 0 Å². The zero-order valence-corrected chi connectivity index (χ0v) is 39.0. The zero-order valence-electron chi connectivity index (χ0n) is 39.0. The molecule has 0 aromatic rings. The van der Waals surface area contributed by atoms with Crippen molar-refractivity contribution in [2.45, 2.75) is 255 Å². The van der Waals surface area contributed by atoms with Crippen LogP contribution in [-0.2, 0) is 33.3 Å². The fourth-order valence-corrected chi connectivity index (χ4v) is 12.1. The van der Waals surface area contributed by atoms with Gasteiger partial charge in [0.2, 0.25) is 0 Å². The average Bonchev–Trinajstić information content (AvgIpc) is 3.86. The molecule has 0 aromatic heterocycles. The summed E-state index contributed by atoms with van der Waals surface area (Å²) < 4.78 is 33.5. The molecule has 2 saturated carbocycles. The topological polar surface area (TPSA) is 124 Å². The highest BCUT2D eigenvalue weighted by atomic mass is 16.9. The summed E-state index contributed by atoms with van der Waals surface area (Å²) in [5, 5.41) is 25.0. The van der Waals surface area contributed by atoms with Crippen molar-refractivity contribution in [3.05, 3.63) is 36.0 Å². The number of rotatable bonds is 30. The summed E-state index contributed by atoms with van der Waals surface area (Å²) in [7, 11) is 0. The van der Waals surface area contributed by atoms with E-state index in [1.807, 2.05) is 13.0 Å². The first kappa shape index (κ1) is 48.6. The lowest BCUT2D eigenvalue weighted by Gasteiger charge is -2.59. The molecule has 0 spiro atoms. The highest BCUT2D eigenvalue weighted by Gasteiger charge is 2.88. The molecule has 9 heteroatoms. The minimum absolute atomic E-state index is 0.256. The number of carbonyl (C=O) groups is 2.